The van der Waals surface area contributed by atoms with Crippen LogP contribution in [-0.4, -0.2) is 29.1 Å². The van der Waals surface area contributed by atoms with Crippen LogP contribution < -0.4 is 26.6 Å². The molecule has 0 radical (unpaired) electrons. The van der Waals surface area contributed by atoms with Crippen molar-refractivity contribution in [2.24, 2.45) is 0 Å². The fourth-order valence-electron chi connectivity index (χ4n) is 3.00. The molecule has 1 heterocycles. The second-order valence-corrected chi connectivity index (χ2v) is 6.95. The number of nitrogens with zero attached hydrogens (tertiary/aromatic N) is 2. The molecule has 0 spiro atoms. The summed E-state index contributed by atoms with van der Waals surface area (Å²) in [5.74, 6) is 0.355. The zero-order valence-electron chi connectivity index (χ0n) is 17.8. The Morgan fingerprint density at radius 3 is 2.43 bits per heavy atom. The van der Waals surface area contributed by atoms with E-state index in [1.165, 1.54) is 15.5 Å². The van der Waals surface area contributed by atoms with Crippen LogP contribution in [0.1, 0.15) is 45.1 Å². The predicted octanol–water partition coefficient (Wildman–Crippen LogP) is 2.77. The van der Waals surface area contributed by atoms with E-state index in [-0.39, 0.29) is 17.4 Å². The second-order valence-electron chi connectivity index (χ2n) is 6.95. The molecule has 0 unspecified atom stereocenters. The molecule has 0 saturated carbocycles. The van der Waals surface area contributed by atoms with Gasteiger partial charge in [0.1, 0.15) is 11.6 Å². The van der Waals surface area contributed by atoms with Crippen LogP contribution in [0.4, 0.5) is 11.5 Å². The third-order valence-corrected chi connectivity index (χ3v) is 4.75. The van der Waals surface area contributed by atoms with E-state index in [1.54, 1.807) is 25.3 Å². The number of aromatic amines is 1. The summed E-state index contributed by atoms with van der Waals surface area (Å²) in [6.07, 6.45) is 6.18. The number of amides is 1. The molecule has 0 aliphatic heterocycles. The summed E-state index contributed by atoms with van der Waals surface area (Å²) in [5, 5.41) is 0. The Morgan fingerprint density at radius 2 is 1.83 bits per heavy atom. The molecule has 0 saturated heterocycles. The van der Waals surface area contributed by atoms with Crippen molar-refractivity contribution in [1.29, 1.82) is 0 Å². The summed E-state index contributed by atoms with van der Waals surface area (Å²) in [6, 6.07) is 7.24. The maximum absolute atomic E-state index is 13.0. The van der Waals surface area contributed by atoms with Crippen molar-refractivity contribution < 1.29 is 9.53 Å². The number of carbonyl (C=O) groups excluding carboxylic acids is 1. The quantitative estimate of drug-likeness (QED) is 0.581. The number of rotatable bonds is 10. The van der Waals surface area contributed by atoms with Gasteiger partial charge in [-0.1, -0.05) is 38.8 Å². The molecule has 2 rings (SSSR count). The first-order valence-corrected chi connectivity index (χ1v) is 10.2. The number of carbonyl (C=O) groups is 1. The average molecular weight is 415 g/mol. The fraction of sp³-hybridized carbons (Fsp3) is 0.409. The molecule has 0 fully saturated rings. The zero-order chi connectivity index (χ0) is 22.1. The molecule has 0 aliphatic carbocycles. The number of ether oxygens (including phenoxy) is 1. The molecule has 0 aliphatic rings. The normalized spacial score (nSPS) is 11.0. The van der Waals surface area contributed by atoms with Gasteiger partial charge in [-0.2, -0.15) is 0 Å². The first-order valence-electron chi connectivity index (χ1n) is 10.2. The predicted molar refractivity (Wildman–Crippen MR) is 120 cm³/mol. The Bertz CT molecular complexity index is 990. The standard InChI is InChI=1S/C22H30N4O4/c1-4-6-14-25(18(27)13-10-16-8-11-17(30-3)12-9-16)19-20(23)26(15-7-5-2)22(29)24-21(19)28/h8-13H,4-7,14-15,23H2,1-3H3,(H,24,28,29)/b13-10+. The zero-order valence-corrected chi connectivity index (χ0v) is 17.8. The maximum Gasteiger partial charge on any atom is 0.330 e. The topological polar surface area (TPSA) is 110 Å². The Morgan fingerprint density at radius 1 is 1.17 bits per heavy atom. The summed E-state index contributed by atoms with van der Waals surface area (Å²) in [4.78, 5) is 41.4. The maximum atomic E-state index is 13.0. The van der Waals surface area contributed by atoms with Gasteiger partial charge >= 0.3 is 5.69 Å². The van der Waals surface area contributed by atoms with Crippen molar-refractivity contribution in [3.8, 4) is 5.75 Å². The van der Waals surface area contributed by atoms with Gasteiger partial charge in [0, 0.05) is 19.2 Å². The highest BCUT2D eigenvalue weighted by Gasteiger charge is 2.22. The molecule has 1 aromatic carbocycles. The van der Waals surface area contributed by atoms with Gasteiger partial charge in [0.2, 0.25) is 0 Å². The lowest BCUT2D eigenvalue weighted by Crippen LogP contribution is -2.41. The van der Waals surface area contributed by atoms with Crippen LogP contribution in [0.5, 0.6) is 5.75 Å². The molecule has 3 N–H and O–H groups in total. The number of aromatic nitrogens is 2. The minimum Gasteiger partial charge on any atom is -0.497 e. The molecular formula is C22H30N4O4. The smallest absolute Gasteiger partial charge is 0.330 e. The molecule has 1 amide bonds. The molecule has 30 heavy (non-hydrogen) atoms. The van der Waals surface area contributed by atoms with E-state index in [0.717, 1.165) is 30.6 Å². The molecular weight excluding hydrogens is 384 g/mol. The Balaban J connectivity index is 2.40. The van der Waals surface area contributed by atoms with Gasteiger partial charge in [0.15, 0.2) is 5.69 Å². The first-order chi connectivity index (χ1) is 14.4. The lowest BCUT2D eigenvalue weighted by molar-refractivity contribution is -0.114. The van der Waals surface area contributed by atoms with Crippen molar-refractivity contribution >= 4 is 23.5 Å². The Labute approximate surface area is 176 Å². The molecule has 0 bridgehead atoms. The third-order valence-electron chi connectivity index (χ3n) is 4.75. The summed E-state index contributed by atoms with van der Waals surface area (Å²) < 4.78 is 6.45. The number of nitrogens with two attached hydrogens (primary N) is 1. The van der Waals surface area contributed by atoms with E-state index >= 15 is 0 Å². The number of nitrogen functional groups attached to an aromatic ring is 1. The fourth-order valence-corrected chi connectivity index (χ4v) is 3.00. The SMILES string of the molecule is CCCCN(C(=O)/C=C/c1ccc(OC)cc1)c1c(N)n(CCCC)c(=O)[nH]c1=O. The highest BCUT2D eigenvalue weighted by atomic mass is 16.5. The van der Waals surface area contributed by atoms with Crippen molar-refractivity contribution in [3.63, 3.8) is 0 Å². The van der Waals surface area contributed by atoms with Crippen LogP contribution in [-0.2, 0) is 11.3 Å². The van der Waals surface area contributed by atoms with Crippen LogP contribution >= 0.6 is 0 Å². The monoisotopic (exact) mass is 414 g/mol. The van der Waals surface area contributed by atoms with Gasteiger partial charge in [-0.15, -0.1) is 0 Å². The Hall–Kier alpha value is -3.29. The second kappa shape index (κ2) is 11.0. The van der Waals surface area contributed by atoms with E-state index < -0.39 is 11.2 Å². The summed E-state index contributed by atoms with van der Waals surface area (Å²) in [5.41, 5.74) is 5.79. The van der Waals surface area contributed by atoms with Crippen LogP contribution in [0.3, 0.4) is 0 Å². The summed E-state index contributed by atoms with van der Waals surface area (Å²) in [7, 11) is 1.59. The van der Waals surface area contributed by atoms with Gasteiger partial charge in [-0.3, -0.25) is 19.1 Å². The van der Waals surface area contributed by atoms with E-state index in [1.807, 2.05) is 26.0 Å². The summed E-state index contributed by atoms with van der Waals surface area (Å²) >= 11 is 0. The lowest BCUT2D eigenvalue weighted by Gasteiger charge is -2.23. The van der Waals surface area contributed by atoms with E-state index in [9.17, 15) is 14.4 Å². The number of benzene rings is 1. The van der Waals surface area contributed by atoms with Crippen LogP contribution in [0.2, 0.25) is 0 Å². The highest BCUT2D eigenvalue weighted by molar-refractivity contribution is 6.05. The Kier molecular flexibility index (Phi) is 8.46. The van der Waals surface area contributed by atoms with Crippen molar-refractivity contribution in [2.75, 3.05) is 24.3 Å². The minimum atomic E-state index is -0.660. The largest absolute Gasteiger partial charge is 0.497 e. The van der Waals surface area contributed by atoms with Crippen molar-refractivity contribution in [2.45, 2.75) is 46.1 Å². The third kappa shape index (κ3) is 5.62. The van der Waals surface area contributed by atoms with Crippen LogP contribution in [0, 0.1) is 0 Å². The van der Waals surface area contributed by atoms with E-state index in [4.69, 9.17) is 10.5 Å². The van der Waals surface area contributed by atoms with E-state index in [0.29, 0.717) is 19.5 Å². The van der Waals surface area contributed by atoms with Gasteiger partial charge in [-0.05, 0) is 36.6 Å². The molecule has 8 nitrogen and oxygen atoms in total. The molecule has 162 valence electrons. The van der Waals surface area contributed by atoms with Crippen LogP contribution in [0.15, 0.2) is 39.9 Å². The van der Waals surface area contributed by atoms with Gasteiger partial charge in [0.25, 0.3) is 11.5 Å². The highest BCUT2D eigenvalue weighted by Crippen LogP contribution is 2.19. The van der Waals surface area contributed by atoms with Gasteiger partial charge in [-0.25, -0.2) is 4.79 Å². The van der Waals surface area contributed by atoms with E-state index in [2.05, 4.69) is 4.98 Å². The van der Waals surface area contributed by atoms with Crippen molar-refractivity contribution in [3.05, 3.63) is 56.7 Å². The molecule has 8 heteroatoms. The lowest BCUT2D eigenvalue weighted by atomic mass is 10.2. The summed E-state index contributed by atoms with van der Waals surface area (Å²) in [6.45, 7) is 4.68. The number of H-pyrrole nitrogens is 1. The molecule has 1 aromatic heterocycles. The number of hydrogen-bond donors (Lipinski definition) is 2. The molecule has 0 atom stereocenters. The average Bonchev–Trinajstić information content (AvgIpc) is 2.74. The number of methoxy groups -OCH3 is 1. The number of hydrogen-bond acceptors (Lipinski definition) is 5. The minimum absolute atomic E-state index is 0.0134. The number of anilines is 2. The van der Waals surface area contributed by atoms with Gasteiger partial charge < -0.3 is 15.4 Å². The first kappa shape index (κ1) is 23.0. The van der Waals surface area contributed by atoms with Crippen molar-refractivity contribution in [1.82, 2.24) is 9.55 Å². The molecule has 2 aromatic rings. The number of unbranched alkanes of at least 4 members (excludes halogenated alkanes) is 2. The van der Waals surface area contributed by atoms with Gasteiger partial charge in [0.05, 0.1) is 7.11 Å². The van der Waals surface area contributed by atoms with Crippen LogP contribution in [0.25, 0.3) is 6.08 Å². The number of nitrogens with one attached hydrogen (secondary N) is 1.